The molecule has 2 aromatic rings. The summed E-state index contributed by atoms with van der Waals surface area (Å²) in [6, 6.07) is 7.81. The zero-order valence-corrected chi connectivity index (χ0v) is 13.3. The van der Waals surface area contributed by atoms with E-state index in [4.69, 9.17) is 16.3 Å². The van der Waals surface area contributed by atoms with Gasteiger partial charge >= 0.3 is 5.97 Å². The molecule has 0 aliphatic rings. The van der Waals surface area contributed by atoms with Gasteiger partial charge in [0.2, 0.25) is 0 Å². The minimum absolute atomic E-state index is 0.0783. The molecule has 7 heteroatoms. The van der Waals surface area contributed by atoms with Crippen LogP contribution >= 0.6 is 22.9 Å². The van der Waals surface area contributed by atoms with Crippen molar-refractivity contribution in [3.63, 3.8) is 0 Å². The minimum Gasteiger partial charge on any atom is -0.507 e. The fourth-order valence-corrected chi connectivity index (χ4v) is 2.50. The Balaban J connectivity index is 1.92. The molecule has 0 saturated carbocycles. The van der Waals surface area contributed by atoms with E-state index in [-0.39, 0.29) is 11.3 Å². The number of nitrogens with one attached hydrogen (secondary N) is 1. The SMILES string of the molecule is CC(OC(=O)c1cc(Cl)ccc1O)C(=O)NCc1cccs1. The van der Waals surface area contributed by atoms with Crippen molar-refractivity contribution in [1.82, 2.24) is 5.32 Å². The Morgan fingerprint density at radius 2 is 2.18 bits per heavy atom. The number of ether oxygens (including phenoxy) is 1. The Hall–Kier alpha value is -2.05. The Morgan fingerprint density at radius 3 is 2.86 bits per heavy atom. The van der Waals surface area contributed by atoms with Crippen LogP contribution in [0.3, 0.4) is 0 Å². The van der Waals surface area contributed by atoms with Gasteiger partial charge in [0.05, 0.1) is 6.54 Å². The van der Waals surface area contributed by atoms with Crippen LogP contribution in [0.4, 0.5) is 0 Å². The van der Waals surface area contributed by atoms with Gasteiger partial charge in [-0.05, 0) is 36.6 Å². The maximum atomic E-state index is 11.9. The highest BCUT2D eigenvalue weighted by atomic mass is 35.5. The fraction of sp³-hybridized carbons (Fsp3) is 0.200. The molecule has 2 N–H and O–H groups in total. The highest BCUT2D eigenvalue weighted by molar-refractivity contribution is 7.09. The van der Waals surface area contributed by atoms with Crippen LogP contribution in [0.15, 0.2) is 35.7 Å². The predicted octanol–water partition coefficient (Wildman–Crippen LogP) is 2.97. The van der Waals surface area contributed by atoms with E-state index in [2.05, 4.69) is 5.32 Å². The normalized spacial score (nSPS) is 11.7. The Bertz CT molecular complexity index is 672. The van der Waals surface area contributed by atoms with Gasteiger partial charge < -0.3 is 15.2 Å². The number of rotatable bonds is 5. The maximum absolute atomic E-state index is 11.9. The maximum Gasteiger partial charge on any atom is 0.342 e. The van der Waals surface area contributed by atoms with Gasteiger partial charge in [0.15, 0.2) is 6.10 Å². The average molecular weight is 340 g/mol. The molecule has 0 radical (unpaired) electrons. The smallest absolute Gasteiger partial charge is 0.342 e. The number of esters is 1. The molecule has 0 saturated heterocycles. The third-order valence-electron chi connectivity index (χ3n) is 2.85. The molecule has 1 amide bonds. The third kappa shape index (κ3) is 4.22. The van der Waals surface area contributed by atoms with Gasteiger partial charge in [-0.3, -0.25) is 4.79 Å². The number of halogens is 1. The highest BCUT2D eigenvalue weighted by Crippen LogP contribution is 2.22. The summed E-state index contributed by atoms with van der Waals surface area (Å²) < 4.78 is 5.04. The molecule has 0 bridgehead atoms. The van der Waals surface area contributed by atoms with Crippen molar-refractivity contribution in [2.24, 2.45) is 0 Å². The zero-order chi connectivity index (χ0) is 16.1. The van der Waals surface area contributed by atoms with Crippen LogP contribution in [0.2, 0.25) is 5.02 Å². The largest absolute Gasteiger partial charge is 0.507 e. The van der Waals surface area contributed by atoms with Gasteiger partial charge in [0, 0.05) is 9.90 Å². The molecule has 0 aliphatic carbocycles. The first kappa shape index (κ1) is 16.3. The summed E-state index contributed by atoms with van der Waals surface area (Å²) in [5.41, 5.74) is -0.0783. The molecule has 1 heterocycles. The summed E-state index contributed by atoms with van der Waals surface area (Å²) in [6.45, 7) is 1.84. The molecule has 0 spiro atoms. The van der Waals surface area contributed by atoms with Crippen LogP contribution < -0.4 is 5.32 Å². The van der Waals surface area contributed by atoms with Crippen LogP contribution in [0, 0.1) is 0 Å². The van der Waals surface area contributed by atoms with Crippen LogP contribution in [-0.4, -0.2) is 23.1 Å². The van der Waals surface area contributed by atoms with E-state index in [1.54, 1.807) is 0 Å². The molecular formula is C15H14ClNO4S. The number of carbonyl (C=O) groups excluding carboxylic acids is 2. The molecule has 22 heavy (non-hydrogen) atoms. The lowest BCUT2D eigenvalue weighted by molar-refractivity contribution is -0.129. The summed E-state index contributed by atoms with van der Waals surface area (Å²) in [4.78, 5) is 24.8. The van der Waals surface area contributed by atoms with Gasteiger partial charge in [-0.1, -0.05) is 17.7 Å². The van der Waals surface area contributed by atoms with Gasteiger partial charge in [0.25, 0.3) is 5.91 Å². The van der Waals surface area contributed by atoms with Crippen LogP contribution in [-0.2, 0) is 16.1 Å². The standard InChI is InChI=1S/C15H14ClNO4S/c1-9(14(19)17-8-11-3-2-6-22-11)21-15(20)12-7-10(16)4-5-13(12)18/h2-7,9,18H,8H2,1H3,(H,17,19). The summed E-state index contributed by atoms with van der Waals surface area (Å²) in [6.07, 6.45) is -0.981. The fourth-order valence-electron chi connectivity index (χ4n) is 1.68. The lowest BCUT2D eigenvalue weighted by atomic mass is 10.2. The molecule has 5 nitrogen and oxygen atoms in total. The second-order valence-corrected chi connectivity index (χ2v) is 5.97. The second kappa shape index (κ2) is 7.29. The number of benzene rings is 1. The number of phenols is 1. The average Bonchev–Trinajstić information content (AvgIpc) is 3.00. The van der Waals surface area contributed by atoms with E-state index in [0.29, 0.717) is 11.6 Å². The Labute approximate surface area is 136 Å². The van der Waals surface area contributed by atoms with Crippen LogP contribution in [0.5, 0.6) is 5.75 Å². The number of thiophene rings is 1. The number of aromatic hydroxyl groups is 1. The van der Waals surface area contributed by atoms with Gasteiger partial charge in [-0.2, -0.15) is 0 Å². The van der Waals surface area contributed by atoms with Gasteiger partial charge in [-0.25, -0.2) is 4.79 Å². The molecule has 1 unspecified atom stereocenters. The van der Waals surface area contributed by atoms with Gasteiger partial charge in [-0.15, -0.1) is 11.3 Å². The summed E-state index contributed by atoms with van der Waals surface area (Å²) in [5, 5.41) is 14.5. The van der Waals surface area contributed by atoms with Crippen molar-refractivity contribution >= 4 is 34.8 Å². The summed E-state index contributed by atoms with van der Waals surface area (Å²) in [7, 11) is 0. The van der Waals surface area contributed by atoms with Crippen molar-refractivity contribution in [3.05, 3.63) is 51.2 Å². The quantitative estimate of drug-likeness (QED) is 0.821. The number of hydrogen-bond donors (Lipinski definition) is 2. The van der Waals surface area contributed by atoms with E-state index in [1.807, 2.05) is 17.5 Å². The van der Waals surface area contributed by atoms with E-state index < -0.39 is 18.0 Å². The van der Waals surface area contributed by atoms with E-state index >= 15 is 0 Å². The van der Waals surface area contributed by atoms with Crippen LogP contribution in [0.25, 0.3) is 0 Å². The summed E-state index contributed by atoms with van der Waals surface area (Å²) >= 11 is 7.29. The first-order valence-corrected chi connectivity index (χ1v) is 7.72. The number of carbonyl (C=O) groups is 2. The molecule has 1 aromatic carbocycles. The van der Waals surface area contributed by atoms with Gasteiger partial charge in [0.1, 0.15) is 11.3 Å². The van der Waals surface area contributed by atoms with Crippen molar-refractivity contribution in [1.29, 1.82) is 0 Å². The number of amides is 1. The molecule has 0 aliphatic heterocycles. The van der Waals surface area contributed by atoms with E-state index in [9.17, 15) is 14.7 Å². The summed E-state index contributed by atoms with van der Waals surface area (Å²) in [5.74, 6) is -1.47. The number of hydrogen-bond acceptors (Lipinski definition) is 5. The van der Waals surface area contributed by atoms with Crippen molar-refractivity contribution in [2.75, 3.05) is 0 Å². The third-order valence-corrected chi connectivity index (χ3v) is 3.96. The molecule has 1 atom stereocenters. The number of phenolic OH excluding ortho intramolecular Hbond substituents is 1. The van der Waals surface area contributed by atoms with Crippen molar-refractivity contribution < 1.29 is 19.4 Å². The molecular weight excluding hydrogens is 326 g/mol. The minimum atomic E-state index is -0.981. The topological polar surface area (TPSA) is 75.6 Å². The Morgan fingerprint density at radius 1 is 1.41 bits per heavy atom. The molecule has 116 valence electrons. The molecule has 1 aromatic heterocycles. The first-order chi connectivity index (χ1) is 10.5. The van der Waals surface area contributed by atoms with E-state index in [1.165, 1.54) is 36.5 Å². The predicted molar refractivity (Wildman–Crippen MR) is 84.2 cm³/mol. The van der Waals surface area contributed by atoms with Crippen molar-refractivity contribution in [2.45, 2.75) is 19.6 Å². The second-order valence-electron chi connectivity index (χ2n) is 4.51. The zero-order valence-electron chi connectivity index (χ0n) is 11.7. The highest BCUT2D eigenvalue weighted by Gasteiger charge is 2.21. The molecule has 2 rings (SSSR count). The monoisotopic (exact) mass is 339 g/mol. The lowest BCUT2D eigenvalue weighted by Crippen LogP contribution is -2.35. The van der Waals surface area contributed by atoms with Crippen LogP contribution in [0.1, 0.15) is 22.2 Å². The Kier molecular flexibility index (Phi) is 5.41. The molecule has 0 fully saturated rings. The van der Waals surface area contributed by atoms with E-state index in [0.717, 1.165) is 4.88 Å². The van der Waals surface area contributed by atoms with Crippen molar-refractivity contribution in [3.8, 4) is 5.75 Å². The first-order valence-electron chi connectivity index (χ1n) is 6.47. The lowest BCUT2D eigenvalue weighted by Gasteiger charge is -2.13.